The molecule has 2 atom stereocenters. The van der Waals surface area contributed by atoms with E-state index in [9.17, 15) is 0 Å². The lowest BCUT2D eigenvalue weighted by atomic mass is 10.0. The molecule has 0 aliphatic carbocycles. The van der Waals surface area contributed by atoms with Gasteiger partial charge in [0.2, 0.25) is 0 Å². The molecule has 3 rings (SSSR count). The van der Waals surface area contributed by atoms with Gasteiger partial charge in [-0.1, -0.05) is 12.1 Å². The molecule has 6 heteroatoms. The molecule has 0 spiro atoms. The van der Waals surface area contributed by atoms with Gasteiger partial charge in [0.05, 0.1) is 5.69 Å². The van der Waals surface area contributed by atoms with Gasteiger partial charge in [-0.05, 0) is 61.5 Å². The number of benzene rings is 1. The summed E-state index contributed by atoms with van der Waals surface area (Å²) in [6, 6.07) is 9.24. The third-order valence-corrected chi connectivity index (χ3v) is 4.09. The fourth-order valence-electron chi connectivity index (χ4n) is 2.97. The van der Waals surface area contributed by atoms with Gasteiger partial charge >= 0.3 is 0 Å². The molecule has 0 saturated carbocycles. The van der Waals surface area contributed by atoms with Crippen LogP contribution in [0.4, 0.5) is 0 Å². The van der Waals surface area contributed by atoms with Crippen LogP contribution in [-0.2, 0) is 0 Å². The Balaban J connectivity index is 1.69. The maximum Gasteiger partial charge on any atom is 0.143 e. The van der Waals surface area contributed by atoms with Crippen LogP contribution in [0.5, 0.6) is 0 Å². The highest BCUT2D eigenvalue weighted by atomic mass is 15.5. The normalized spacial score (nSPS) is 21.3. The van der Waals surface area contributed by atoms with Crippen LogP contribution in [0, 0.1) is 0 Å². The monoisotopic (exact) mass is 286 g/mol. The first-order valence-electron chi connectivity index (χ1n) is 7.50. The van der Waals surface area contributed by atoms with Gasteiger partial charge in [0.15, 0.2) is 0 Å². The average molecular weight is 286 g/mol. The summed E-state index contributed by atoms with van der Waals surface area (Å²) in [5.41, 5.74) is 2.25. The Kier molecular flexibility index (Phi) is 4.26. The number of piperidine rings is 1. The van der Waals surface area contributed by atoms with Crippen LogP contribution in [0.2, 0.25) is 0 Å². The third-order valence-electron chi connectivity index (χ3n) is 4.09. The minimum absolute atomic E-state index is 0.318. The molecule has 112 valence electrons. The van der Waals surface area contributed by atoms with Crippen LogP contribution in [0.25, 0.3) is 5.69 Å². The summed E-state index contributed by atoms with van der Waals surface area (Å²) in [4.78, 5) is 2.39. The lowest BCUT2D eigenvalue weighted by molar-refractivity contribution is 0.218. The fourth-order valence-corrected chi connectivity index (χ4v) is 2.97. The SMILES string of the molecule is CC(NC1CCCN(C)C1)c1cccc(-n2cnnn2)c1. The number of nitrogens with one attached hydrogen (secondary N) is 1. The van der Waals surface area contributed by atoms with Gasteiger partial charge in [0.25, 0.3) is 0 Å². The van der Waals surface area contributed by atoms with Gasteiger partial charge in [0, 0.05) is 18.6 Å². The number of hydrogen-bond acceptors (Lipinski definition) is 5. The van der Waals surface area contributed by atoms with E-state index in [1.165, 1.54) is 24.9 Å². The van der Waals surface area contributed by atoms with Gasteiger partial charge < -0.3 is 10.2 Å². The number of likely N-dealkylation sites (N-methyl/N-ethyl adjacent to an activating group) is 1. The molecule has 2 unspecified atom stereocenters. The van der Waals surface area contributed by atoms with Crippen LogP contribution >= 0.6 is 0 Å². The minimum Gasteiger partial charge on any atom is -0.306 e. The highest BCUT2D eigenvalue weighted by molar-refractivity contribution is 5.35. The Hall–Kier alpha value is -1.79. The van der Waals surface area contributed by atoms with Gasteiger partial charge in [-0.15, -0.1) is 5.10 Å². The van der Waals surface area contributed by atoms with Gasteiger partial charge in [-0.2, -0.15) is 0 Å². The highest BCUT2D eigenvalue weighted by Crippen LogP contribution is 2.18. The van der Waals surface area contributed by atoms with Gasteiger partial charge in [-0.3, -0.25) is 0 Å². The minimum atomic E-state index is 0.318. The van der Waals surface area contributed by atoms with Crippen molar-refractivity contribution in [2.45, 2.75) is 31.8 Å². The van der Waals surface area contributed by atoms with E-state index in [4.69, 9.17) is 0 Å². The van der Waals surface area contributed by atoms with E-state index in [1.807, 2.05) is 6.07 Å². The lowest BCUT2D eigenvalue weighted by Gasteiger charge is -2.32. The van der Waals surface area contributed by atoms with Crippen molar-refractivity contribution < 1.29 is 0 Å². The van der Waals surface area contributed by atoms with E-state index in [0.717, 1.165) is 12.2 Å². The largest absolute Gasteiger partial charge is 0.306 e. The first kappa shape index (κ1) is 14.2. The molecule has 1 aromatic carbocycles. The van der Waals surface area contributed by atoms with Crippen molar-refractivity contribution in [3.05, 3.63) is 36.2 Å². The maximum atomic E-state index is 3.94. The number of nitrogens with zero attached hydrogens (tertiary/aromatic N) is 5. The molecule has 0 bridgehead atoms. The van der Waals surface area contributed by atoms with E-state index < -0.39 is 0 Å². The molecule has 1 aromatic heterocycles. The van der Waals surface area contributed by atoms with E-state index >= 15 is 0 Å². The van der Waals surface area contributed by atoms with Crippen LogP contribution in [0.15, 0.2) is 30.6 Å². The average Bonchev–Trinajstić information content (AvgIpc) is 3.02. The predicted octanol–water partition coefficient (Wildman–Crippen LogP) is 1.41. The van der Waals surface area contributed by atoms with E-state index in [0.29, 0.717) is 12.1 Å². The molecular weight excluding hydrogens is 264 g/mol. The van der Waals surface area contributed by atoms with Crippen molar-refractivity contribution in [2.75, 3.05) is 20.1 Å². The highest BCUT2D eigenvalue weighted by Gasteiger charge is 2.19. The molecule has 0 amide bonds. The zero-order valence-electron chi connectivity index (χ0n) is 12.6. The Morgan fingerprint density at radius 1 is 1.38 bits per heavy atom. The number of aromatic nitrogens is 4. The zero-order chi connectivity index (χ0) is 14.7. The van der Waals surface area contributed by atoms with Crippen molar-refractivity contribution >= 4 is 0 Å². The first-order valence-corrected chi connectivity index (χ1v) is 7.50. The molecule has 2 heterocycles. The van der Waals surface area contributed by atoms with Crippen LogP contribution < -0.4 is 5.32 Å². The van der Waals surface area contributed by atoms with E-state index in [1.54, 1.807) is 11.0 Å². The van der Waals surface area contributed by atoms with Crippen LogP contribution in [-0.4, -0.2) is 51.3 Å². The topological polar surface area (TPSA) is 58.9 Å². The van der Waals surface area contributed by atoms with Crippen molar-refractivity contribution in [3.63, 3.8) is 0 Å². The molecule has 1 aliphatic rings. The van der Waals surface area contributed by atoms with Crippen molar-refractivity contribution in [3.8, 4) is 5.69 Å². The summed E-state index contributed by atoms with van der Waals surface area (Å²) in [7, 11) is 2.19. The quantitative estimate of drug-likeness (QED) is 0.921. The van der Waals surface area contributed by atoms with Crippen LogP contribution in [0.3, 0.4) is 0 Å². The number of rotatable bonds is 4. The molecule has 1 fully saturated rings. The molecule has 2 aromatic rings. The van der Waals surface area contributed by atoms with E-state index in [2.05, 4.69) is 57.9 Å². The summed E-state index contributed by atoms with van der Waals surface area (Å²) >= 11 is 0. The number of likely N-dealkylation sites (tertiary alicyclic amines) is 1. The third kappa shape index (κ3) is 3.46. The summed E-state index contributed by atoms with van der Waals surface area (Å²) in [6.07, 6.45) is 4.14. The standard InChI is InChI=1S/C15H22N6/c1-12(17-14-6-4-8-20(2)10-14)13-5-3-7-15(9-13)21-11-16-18-19-21/h3,5,7,9,11-12,14,17H,4,6,8,10H2,1-2H3. The Bertz CT molecular complexity index is 567. The van der Waals surface area contributed by atoms with Crippen molar-refractivity contribution in [1.29, 1.82) is 0 Å². The van der Waals surface area contributed by atoms with E-state index in [-0.39, 0.29) is 0 Å². The lowest BCUT2D eigenvalue weighted by Crippen LogP contribution is -2.44. The van der Waals surface area contributed by atoms with Crippen LogP contribution in [0.1, 0.15) is 31.4 Å². The second-order valence-corrected chi connectivity index (χ2v) is 5.84. The Morgan fingerprint density at radius 3 is 3.05 bits per heavy atom. The Labute approximate surface area is 125 Å². The zero-order valence-corrected chi connectivity index (χ0v) is 12.6. The fraction of sp³-hybridized carbons (Fsp3) is 0.533. The molecule has 0 radical (unpaired) electrons. The second-order valence-electron chi connectivity index (χ2n) is 5.84. The smallest absolute Gasteiger partial charge is 0.143 e. The molecular formula is C15H22N6. The maximum absolute atomic E-state index is 3.94. The second kappa shape index (κ2) is 6.32. The van der Waals surface area contributed by atoms with Gasteiger partial charge in [0.1, 0.15) is 6.33 Å². The molecule has 21 heavy (non-hydrogen) atoms. The number of hydrogen-bond donors (Lipinski definition) is 1. The molecule has 1 aliphatic heterocycles. The van der Waals surface area contributed by atoms with Crippen molar-refractivity contribution in [1.82, 2.24) is 30.4 Å². The predicted molar refractivity (Wildman–Crippen MR) is 81.2 cm³/mol. The Morgan fingerprint density at radius 2 is 2.29 bits per heavy atom. The summed E-state index contributed by atoms with van der Waals surface area (Å²) in [5, 5.41) is 15.0. The summed E-state index contributed by atoms with van der Waals surface area (Å²) < 4.78 is 1.69. The summed E-state index contributed by atoms with van der Waals surface area (Å²) in [5.74, 6) is 0. The van der Waals surface area contributed by atoms with Crippen molar-refractivity contribution in [2.24, 2.45) is 0 Å². The summed E-state index contributed by atoms with van der Waals surface area (Å²) in [6.45, 7) is 4.55. The van der Waals surface area contributed by atoms with Gasteiger partial charge in [-0.25, -0.2) is 4.68 Å². The number of tetrazole rings is 1. The molecule has 1 saturated heterocycles. The molecule has 6 nitrogen and oxygen atoms in total. The molecule has 1 N–H and O–H groups in total. The first-order chi connectivity index (χ1) is 10.2.